The minimum Gasteiger partial charge on any atom is -0.340 e. The maximum absolute atomic E-state index is 4.30. The lowest BCUT2D eigenvalue weighted by Gasteiger charge is -2.10. The highest BCUT2D eigenvalue weighted by Gasteiger charge is 2.01. The van der Waals surface area contributed by atoms with Crippen LogP contribution in [0.1, 0.15) is 18.1 Å². The zero-order valence-electron chi connectivity index (χ0n) is 10.1. The van der Waals surface area contributed by atoms with Crippen LogP contribution < -0.4 is 5.32 Å². The summed E-state index contributed by atoms with van der Waals surface area (Å²) < 4.78 is 0. The summed E-state index contributed by atoms with van der Waals surface area (Å²) in [6.45, 7) is 4.08. The number of aryl methyl sites for hydroxylation is 1. The van der Waals surface area contributed by atoms with Crippen molar-refractivity contribution in [1.82, 2.24) is 4.98 Å². The Balaban J connectivity index is 2.23. The smallest absolute Gasteiger partial charge is 0.130 e. The van der Waals surface area contributed by atoms with Crippen molar-refractivity contribution in [2.75, 3.05) is 5.32 Å². The highest BCUT2D eigenvalue weighted by Crippen LogP contribution is 2.17. The third-order valence-electron chi connectivity index (χ3n) is 2.55. The van der Waals surface area contributed by atoms with Gasteiger partial charge in [0, 0.05) is 11.9 Å². The molecule has 0 bridgehead atoms. The Bertz CT molecular complexity index is 515. The van der Waals surface area contributed by atoms with Crippen molar-refractivity contribution in [3.8, 4) is 0 Å². The highest BCUT2D eigenvalue weighted by atomic mass is 15.0. The molecule has 0 unspecified atom stereocenters. The van der Waals surface area contributed by atoms with Crippen LogP contribution in [0.25, 0.3) is 5.70 Å². The summed E-state index contributed by atoms with van der Waals surface area (Å²) in [4.78, 5) is 4.30. The van der Waals surface area contributed by atoms with E-state index in [2.05, 4.69) is 35.4 Å². The largest absolute Gasteiger partial charge is 0.340 e. The second-order valence-electron chi connectivity index (χ2n) is 3.91. The molecule has 1 aromatic heterocycles. The number of nitrogens with one attached hydrogen (secondary N) is 1. The van der Waals surface area contributed by atoms with E-state index in [9.17, 15) is 0 Å². The van der Waals surface area contributed by atoms with Gasteiger partial charge >= 0.3 is 0 Å². The molecule has 2 aromatic rings. The number of hydrogen-bond donors (Lipinski definition) is 1. The van der Waals surface area contributed by atoms with E-state index in [0.29, 0.717) is 0 Å². The van der Waals surface area contributed by atoms with Gasteiger partial charge in [-0.25, -0.2) is 4.98 Å². The number of nitrogens with zero attached hydrogens (tertiary/aromatic N) is 1. The summed E-state index contributed by atoms with van der Waals surface area (Å²) in [7, 11) is 0. The van der Waals surface area contributed by atoms with E-state index < -0.39 is 0 Å². The minimum atomic E-state index is 0.877. The molecule has 0 saturated carbocycles. The molecule has 0 aliphatic carbocycles. The average molecular weight is 224 g/mol. The van der Waals surface area contributed by atoms with Crippen molar-refractivity contribution < 1.29 is 0 Å². The fourth-order valence-corrected chi connectivity index (χ4v) is 1.67. The Morgan fingerprint density at radius 3 is 2.59 bits per heavy atom. The average Bonchev–Trinajstić information content (AvgIpc) is 2.37. The SMILES string of the molecule is C/C=C(/Nc1cc(C)ccn1)c1ccccc1. The van der Waals surface area contributed by atoms with Crippen LogP contribution >= 0.6 is 0 Å². The van der Waals surface area contributed by atoms with Gasteiger partial charge in [0.05, 0.1) is 0 Å². The third kappa shape index (κ3) is 2.94. The first kappa shape index (κ1) is 11.4. The predicted molar refractivity (Wildman–Crippen MR) is 72.7 cm³/mol. The molecule has 0 amide bonds. The van der Waals surface area contributed by atoms with E-state index in [1.807, 2.05) is 43.5 Å². The molecule has 1 N–H and O–H groups in total. The maximum atomic E-state index is 4.30. The summed E-state index contributed by atoms with van der Waals surface area (Å²) in [5, 5.41) is 3.34. The summed E-state index contributed by atoms with van der Waals surface area (Å²) in [5.74, 6) is 0.877. The van der Waals surface area contributed by atoms with Gasteiger partial charge in [0.15, 0.2) is 0 Å². The fraction of sp³-hybridized carbons (Fsp3) is 0.133. The van der Waals surface area contributed by atoms with Gasteiger partial charge in [0.2, 0.25) is 0 Å². The maximum Gasteiger partial charge on any atom is 0.130 e. The van der Waals surface area contributed by atoms with Crippen LogP contribution in [0.5, 0.6) is 0 Å². The van der Waals surface area contributed by atoms with Crippen LogP contribution in [0.3, 0.4) is 0 Å². The first-order chi connectivity index (χ1) is 8.29. The molecule has 0 aliphatic rings. The number of benzene rings is 1. The van der Waals surface area contributed by atoms with Crippen LogP contribution in [-0.2, 0) is 0 Å². The molecule has 86 valence electrons. The number of hydrogen-bond acceptors (Lipinski definition) is 2. The Kier molecular flexibility index (Phi) is 3.55. The van der Waals surface area contributed by atoms with Gasteiger partial charge in [0.25, 0.3) is 0 Å². The van der Waals surface area contributed by atoms with E-state index in [4.69, 9.17) is 0 Å². The zero-order chi connectivity index (χ0) is 12.1. The van der Waals surface area contributed by atoms with Gasteiger partial charge in [-0.15, -0.1) is 0 Å². The van der Waals surface area contributed by atoms with Gasteiger partial charge in [-0.05, 0) is 37.1 Å². The number of anilines is 1. The summed E-state index contributed by atoms with van der Waals surface area (Å²) in [5.41, 5.74) is 3.44. The molecule has 2 nitrogen and oxygen atoms in total. The van der Waals surface area contributed by atoms with Crippen molar-refractivity contribution in [1.29, 1.82) is 0 Å². The number of aromatic nitrogens is 1. The molecule has 0 aliphatic heterocycles. The topological polar surface area (TPSA) is 24.9 Å². The van der Waals surface area contributed by atoms with Gasteiger partial charge in [-0.2, -0.15) is 0 Å². The second kappa shape index (κ2) is 5.30. The zero-order valence-corrected chi connectivity index (χ0v) is 10.1. The molecule has 17 heavy (non-hydrogen) atoms. The van der Waals surface area contributed by atoms with E-state index in [1.54, 1.807) is 0 Å². The molecule has 0 atom stereocenters. The molecular formula is C15H16N2. The van der Waals surface area contributed by atoms with Crippen LogP contribution in [-0.4, -0.2) is 4.98 Å². The normalized spacial score (nSPS) is 11.3. The molecular weight excluding hydrogens is 208 g/mol. The first-order valence-corrected chi connectivity index (χ1v) is 5.71. The molecule has 0 radical (unpaired) electrons. The predicted octanol–water partition coefficient (Wildman–Crippen LogP) is 3.86. The first-order valence-electron chi connectivity index (χ1n) is 5.71. The number of allylic oxidation sites excluding steroid dienone is 1. The number of rotatable bonds is 3. The molecule has 0 saturated heterocycles. The second-order valence-corrected chi connectivity index (χ2v) is 3.91. The summed E-state index contributed by atoms with van der Waals surface area (Å²) in [6, 6.07) is 14.3. The quantitative estimate of drug-likeness (QED) is 0.856. The van der Waals surface area contributed by atoms with E-state index >= 15 is 0 Å². The Labute approximate surface area is 102 Å². The van der Waals surface area contributed by atoms with Crippen molar-refractivity contribution in [2.45, 2.75) is 13.8 Å². The Hall–Kier alpha value is -2.09. The van der Waals surface area contributed by atoms with Crippen molar-refractivity contribution in [3.05, 3.63) is 65.9 Å². The molecule has 0 spiro atoms. The van der Waals surface area contributed by atoms with E-state index in [0.717, 1.165) is 11.5 Å². The number of pyridine rings is 1. The van der Waals surface area contributed by atoms with E-state index in [1.165, 1.54) is 11.1 Å². The van der Waals surface area contributed by atoms with Crippen LogP contribution in [0.2, 0.25) is 0 Å². The molecule has 1 aromatic carbocycles. The summed E-state index contributed by atoms with van der Waals surface area (Å²) in [6.07, 6.45) is 3.87. The Morgan fingerprint density at radius 2 is 1.94 bits per heavy atom. The third-order valence-corrected chi connectivity index (χ3v) is 2.55. The Morgan fingerprint density at radius 1 is 1.18 bits per heavy atom. The van der Waals surface area contributed by atoms with Crippen molar-refractivity contribution in [2.24, 2.45) is 0 Å². The van der Waals surface area contributed by atoms with Crippen molar-refractivity contribution >= 4 is 11.5 Å². The molecule has 2 rings (SSSR count). The minimum absolute atomic E-state index is 0.877. The highest BCUT2D eigenvalue weighted by molar-refractivity contribution is 5.75. The fourth-order valence-electron chi connectivity index (χ4n) is 1.67. The molecule has 2 heteroatoms. The monoisotopic (exact) mass is 224 g/mol. The van der Waals surface area contributed by atoms with Gasteiger partial charge in [-0.3, -0.25) is 0 Å². The van der Waals surface area contributed by atoms with E-state index in [-0.39, 0.29) is 0 Å². The standard InChI is InChI=1S/C15H16N2/c1-3-14(13-7-5-4-6-8-13)17-15-11-12(2)9-10-16-15/h3-11H,1-2H3,(H,16,17)/b14-3+. The lowest BCUT2D eigenvalue weighted by atomic mass is 10.1. The van der Waals surface area contributed by atoms with Crippen LogP contribution in [0, 0.1) is 6.92 Å². The lowest BCUT2D eigenvalue weighted by Crippen LogP contribution is -2.00. The molecule has 0 fully saturated rings. The van der Waals surface area contributed by atoms with Crippen molar-refractivity contribution in [3.63, 3.8) is 0 Å². The van der Waals surface area contributed by atoms with Gasteiger partial charge in [0.1, 0.15) is 5.82 Å². The van der Waals surface area contributed by atoms with Crippen LogP contribution in [0.15, 0.2) is 54.7 Å². The lowest BCUT2D eigenvalue weighted by molar-refractivity contribution is 1.27. The summed E-state index contributed by atoms with van der Waals surface area (Å²) >= 11 is 0. The van der Waals surface area contributed by atoms with Gasteiger partial charge in [-0.1, -0.05) is 36.4 Å². The van der Waals surface area contributed by atoms with Gasteiger partial charge < -0.3 is 5.32 Å². The molecule has 1 heterocycles. The van der Waals surface area contributed by atoms with Crippen LogP contribution in [0.4, 0.5) is 5.82 Å².